The van der Waals surface area contributed by atoms with E-state index in [0.717, 1.165) is 6.07 Å². The molecule has 2 aromatic rings. The van der Waals surface area contributed by atoms with Crippen LogP contribution in [0.15, 0.2) is 41.2 Å². The van der Waals surface area contributed by atoms with Crippen LogP contribution >= 0.6 is 0 Å². The van der Waals surface area contributed by atoms with Crippen LogP contribution in [0.25, 0.3) is 11.1 Å². The maximum Gasteiger partial charge on any atom is 0.416 e. The third-order valence-corrected chi connectivity index (χ3v) is 2.16. The molecule has 1 aromatic carbocycles. The van der Waals surface area contributed by atoms with E-state index in [1.165, 1.54) is 18.6 Å². The molecule has 16 heavy (non-hydrogen) atoms. The second-order valence-corrected chi connectivity index (χ2v) is 3.24. The average Bonchev–Trinajstić information content (AvgIpc) is 2.69. The number of aromatic hydroxyl groups is 1. The molecule has 0 saturated heterocycles. The van der Waals surface area contributed by atoms with Crippen LogP contribution in [-0.4, -0.2) is 5.11 Å². The molecule has 1 aromatic heterocycles. The average molecular weight is 228 g/mol. The van der Waals surface area contributed by atoms with Crippen LogP contribution in [0.4, 0.5) is 13.2 Å². The third kappa shape index (κ3) is 1.88. The van der Waals surface area contributed by atoms with Gasteiger partial charge in [0.15, 0.2) is 0 Å². The normalized spacial score (nSPS) is 11.7. The highest BCUT2D eigenvalue weighted by Crippen LogP contribution is 2.36. The van der Waals surface area contributed by atoms with Crippen molar-refractivity contribution in [1.82, 2.24) is 0 Å². The van der Waals surface area contributed by atoms with E-state index in [-0.39, 0.29) is 0 Å². The van der Waals surface area contributed by atoms with Gasteiger partial charge in [-0.3, -0.25) is 0 Å². The van der Waals surface area contributed by atoms with Crippen molar-refractivity contribution in [1.29, 1.82) is 0 Å². The summed E-state index contributed by atoms with van der Waals surface area (Å²) >= 11 is 0. The maximum atomic E-state index is 12.3. The van der Waals surface area contributed by atoms with E-state index < -0.39 is 17.5 Å². The lowest BCUT2D eigenvalue weighted by Crippen LogP contribution is -2.04. The second kappa shape index (κ2) is 3.59. The number of alkyl halides is 3. The maximum absolute atomic E-state index is 12.3. The molecule has 0 unspecified atom stereocenters. The van der Waals surface area contributed by atoms with Gasteiger partial charge in [0.1, 0.15) is 5.75 Å². The van der Waals surface area contributed by atoms with Crippen LogP contribution in [0.2, 0.25) is 0 Å². The topological polar surface area (TPSA) is 33.4 Å². The second-order valence-electron chi connectivity index (χ2n) is 3.24. The summed E-state index contributed by atoms with van der Waals surface area (Å²) in [7, 11) is 0. The largest absolute Gasteiger partial charge is 0.507 e. The fraction of sp³-hybridized carbons (Fsp3) is 0.0909. The molecule has 0 aliphatic heterocycles. The predicted octanol–water partition coefficient (Wildman–Crippen LogP) is 3.67. The Hall–Kier alpha value is -1.91. The molecule has 2 rings (SSSR count). The van der Waals surface area contributed by atoms with Crippen molar-refractivity contribution >= 4 is 0 Å². The first kappa shape index (κ1) is 10.6. The Kier molecular flexibility index (Phi) is 2.38. The van der Waals surface area contributed by atoms with Gasteiger partial charge in [0, 0.05) is 11.1 Å². The van der Waals surface area contributed by atoms with Crippen molar-refractivity contribution in [3.63, 3.8) is 0 Å². The van der Waals surface area contributed by atoms with E-state index in [1.54, 1.807) is 6.07 Å². The number of furan rings is 1. The highest BCUT2D eigenvalue weighted by Gasteiger charge is 2.31. The van der Waals surface area contributed by atoms with Crippen LogP contribution in [0.1, 0.15) is 5.56 Å². The smallest absolute Gasteiger partial charge is 0.416 e. The van der Waals surface area contributed by atoms with Crippen molar-refractivity contribution in [3.8, 4) is 16.9 Å². The zero-order chi connectivity index (χ0) is 11.8. The molecule has 0 atom stereocenters. The summed E-state index contributed by atoms with van der Waals surface area (Å²) in [5, 5.41) is 9.48. The first-order chi connectivity index (χ1) is 7.48. The highest BCUT2D eigenvalue weighted by molar-refractivity contribution is 5.69. The molecular formula is C11H7F3O2. The summed E-state index contributed by atoms with van der Waals surface area (Å²) in [4.78, 5) is 0. The molecule has 1 heterocycles. The first-order valence-corrected chi connectivity index (χ1v) is 4.41. The number of hydrogen-bond acceptors (Lipinski definition) is 2. The molecule has 0 saturated carbocycles. The number of halogens is 3. The minimum Gasteiger partial charge on any atom is -0.507 e. The lowest BCUT2D eigenvalue weighted by molar-refractivity contribution is -0.137. The van der Waals surface area contributed by atoms with Crippen molar-refractivity contribution in [2.45, 2.75) is 6.18 Å². The Morgan fingerprint density at radius 2 is 1.88 bits per heavy atom. The lowest BCUT2D eigenvalue weighted by Gasteiger charge is -2.08. The minimum atomic E-state index is -4.45. The van der Waals surface area contributed by atoms with E-state index >= 15 is 0 Å². The summed E-state index contributed by atoms with van der Waals surface area (Å²) in [6, 6.07) is 4.38. The van der Waals surface area contributed by atoms with Gasteiger partial charge >= 0.3 is 6.18 Å². The number of hydrogen-bond donors (Lipinski definition) is 1. The number of phenolic OH excluding ortho intramolecular Hbond substituents is 1. The summed E-state index contributed by atoms with van der Waals surface area (Å²) in [5.74, 6) is -0.420. The standard InChI is InChI=1S/C11H7F3O2/c12-11(13,14)8-1-2-9(10(15)5-8)7-3-4-16-6-7/h1-6,15H. The Morgan fingerprint density at radius 1 is 1.12 bits per heavy atom. The van der Waals surface area contributed by atoms with Crippen LogP contribution in [-0.2, 0) is 6.18 Å². The molecule has 0 radical (unpaired) electrons. The van der Waals surface area contributed by atoms with Crippen LogP contribution < -0.4 is 0 Å². The molecule has 5 heteroatoms. The van der Waals surface area contributed by atoms with E-state index in [2.05, 4.69) is 0 Å². The van der Waals surface area contributed by atoms with Gasteiger partial charge < -0.3 is 9.52 Å². The van der Waals surface area contributed by atoms with Crippen molar-refractivity contribution in [3.05, 3.63) is 42.4 Å². The zero-order valence-corrected chi connectivity index (χ0v) is 7.95. The van der Waals surface area contributed by atoms with Gasteiger partial charge in [-0.25, -0.2) is 0 Å². The molecular weight excluding hydrogens is 221 g/mol. The van der Waals surface area contributed by atoms with Gasteiger partial charge in [-0.05, 0) is 24.3 Å². The van der Waals surface area contributed by atoms with Gasteiger partial charge in [-0.15, -0.1) is 0 Å². The van der Waals surface area contributed by atoms with Gasteiger partial charge in [-0.1, -0.05) is 0 Å². The minimum absolute atomic E-state index is 0.307. The molecule has 0 aliphatic carbocycles. The third-order valence-electron chi connectivity index (χ3n) is 2.16. The lowest BCUT2D eigenvalue weighted by atomic mass is 10.1. The van der Waals surface area contributed by atoms with Crippen LogP contribution in [0.5, 0.6) is 5.75 Å². The predicted molar refractivity (Wildman–Crippen MR) is 50.8 cm³/mol. The van der Waals surface area contributed by atoms with E-state index in [4.69, 9.17) is 4.42 Å². The Morgan fingerprint density at radius 3 is 2.38 bits per heavy atom. The van der Waals surface area contributed by atoms with E-state index in [1.807, 2.05) is 0 Å². The number of rotatable bonds is 1. The molecule has 1 N–H and O–H groups in total. The van der Waals surface area contributed by atoms with Crippen molar-refractivity contribution in [2.75, 3.05) is 0 Å². The molecule has 2 nitrogen and oxygen atoms in total. The fourth-order valence-electron chi connectivity index (χ4n) is 1.37. The molecule has 0 amide bonds. The van der Waals surface area contributed by atoms with E-state index in [9.17, 15) is 18.3 Å². The van der Waals surface area contributed by atoms with Crippen LogP contribution in [0, 0.1) is 0 Å². The monoisotopic (exact) mass is 228 g/mol. The SMILES string of the molecule is Oc1cc(C(F)(F)F)ccc1-c1ccoc1. The molecule has 0 aliphatic rings. The van der Waals surface area contributed by atoms with Crippen molar-refractivity contribution in [2.24, 2.45) is 0 Å². The summed E-state index contributed by atoms with van der Waals surface area (Å²) in [5.41, 5.74) is -0.0368. The molecule has 0 bridgehead atoms. The van der Waals surface area contributed by atoms with Gasteiger partial charge in [0.25, 0.3) is 0 Å². The van der Waals surface area contributed by atoms with Crippen LogP contribution in [0.3, 0.4) is 0 Å². The quantitative estimate of drug-likeness (QED) is 0.807. The molecule has 0 fully saturated rings. The summed E-state index contributed by atoms with van der Waals surface area (Å²) in [6.07, 6.45) is -1.72. The number of phenols is 1. The Labute approximate surface area is 88.9 Å². The van der Waals surface area contributed by atoms with Gasteiger partial charge in [-0.2, -0.15) is 13.2 Å². The van der Waals surface area contributed by atoms with E-state index in [0.29, 0.717) is 17.2 Å². The molecule has 0 spiro atoms. The Balaban J connectivity index is 2.46. The van der Waals surface area contributed by atoms with Crippen molar-refractivity contribution < 1.29 is 22.7 Å². The Bertz CT molecular complexity index is 486. The fourth-order valence-corrected chi connectivity index (χ4v) is 1.37. The number of benzene rings is 1. The summed E-state index contributed by atoms with van der Waals surface area (Å²) < 4.78 is 41.7. The highest BCUT2D eigenvalue weighted by atomic mass is 19.4. The zero-order valence-electron chi connectivity index (χ0n) is 7.95. The molecule has 84 valence electrons. The first-order valence-electron chi connectivity index (χ1n) is 4.41. The van der Waals surface area contributed by atoms with Gasteiger partial charge in [0.05, 0.1) is 18.1 Å². The van der Waals surface area contributed by atoms with Gasteiger partial charge in [0.2, 0.25) is 0 Å². The summed E-state index contributed by atoms with van der Waals surface area (Å²) in [6.45, 7) is 0.